The maximum Gasteiger partial charge on any atom is 0.173 e. The summed E-state index contributed by atoms with van der Waals surface area (Å²) < 4.78 is 0. The Morgan fingerprint density at radius 3 is 2.39 bits per heavy atom. The van der Waals surface area contributed by atoms with E-state index in [-0.39, 0.29) is 0 Å². The van der Waals surface area contributed by atoms with Gasteiger partial charge in [0.05, 0.1) is 0 Å². The number of anilines is 1. The van der Waals surface area contributed by atoms with Crippen LogP contribution in [0.1, 0.15) is 43.7 Å². The third-order valence-electron chi connectivity index (χ3n) is 4.18. The van der Waals surface area contributed by atoms with E-state index in [1.807, 2.05) is 12.4 Å². The van der Waals surface area contributed by atoms with E-state index in [4.69, 9.17) is 12.2 Å². The molecule has 0 amide bonds. The molecule has 2 aromatic rings. The average molecular weight is 325 g/mol. The van der Waals surface area contributed by atoms with Crippen LogP contribution in [-0.4, -0.2) is 21.0 Å². The van der Waals surface area contributed by atoms with Gasteiger partial charge in [-0.05, 0) is 66.4 Å². The predicted molar refractivity (Wildman–Crippen MR) is 99.6 cm³/mol. The van der Waals surface area contributed by atoms with E-state index in [1.54, 1.807) is 0 Å². The molecule has 0 aliphatic heterocycles. The van der Waals surface area contributed by atoms with Crippen molar-refractivity contribution < 1.29 is 0 Å². The molecule has 1 aromatic carbocycles. The molecule has 1 aliphatic rings. The number of nitrogens with zero attached hydrogens (tertiary/aromatic N) is 2. The lowest BCUT2D eigenvalue weighted by atomic mass is 10.0. The van der Waals surface area contributed by atoms with Gasteiger partial charge in [-0.2, -0.15) is 0 Å². The molecule has 120 valence electrons. The summed E-state index contributed by atoms with van der Waals surface area (Å²) in [4.78, 5) is 6.37. The first-order chi connectivity index (χ1) is 11.1. The Labute approximate surface area is 143 Å². The smallest absolute Gasteiger partial charge is 0.173 e. The normalized spacial score (nSPS) is 13.9. The van der Waals surface area contributed by atoms with Crippen LogP contribution >= 0.6 is 12.2 Å². The van der Waals surface area contributed by atoms with Crippen molar-refractivity contribution in [1.82, 2.24) is 9.88 Å². The molecule has 1 aromatic heterocycles. The molecule has 0 saturated heterocycles. The highest BCUT2D eigenvalue weighted by atomic mass is 32.1. The van der Waals surface area contributed by atoms with Crippen molar-refractivity contribution in [3.05, 3.63) is 59.9 Å². The topological polar surface area (TPSA) is 28.2 Å². The number of hydrogen-bond donors (Lipinski definition) is 1. The molecule has 0 unspecified atom stereocenters. The summed E-state index contributed by atoms with van der Waals surface area (Å²) in [6, 6.07) is 13.2. The zero-order valence-electron chi connectivity index (χ0n) is 13.7. The molecule has 4 heteroatoms. The largest absolute Gasteiger partial charge is 0.342 e. The highest BCUT2D eigenvalue weighted by molar-refractivity contribution is 7.80. The van der Waals surface area contributed by atoms with E-state index in [0.29, 0.717) is 12.0 Å². The number of thiocarbonyl (C=S) groups is 1. The first-order valence-electron chi connectivity index (χ1n) is 8.20. The molecule has 1 heterocycles. The minimum atomic E-state index is 0.547. The molecule has 0 atom stereocenters. The average Bonchev–Trinajstić information content (AvgIpc) is 3.39. The van der Waals surface area contributed by atoms with Crippen LogP contribution in [0.15, 0.2) is 48.8 Å². The molecule has 1 fully saturated rings. The van der Waals surface area contributed by atoms with Gasteiger partial charge in [-0.1, -0.05) is 26.0 Å². The van der Waals surface area contributed by atoms with Gasteiger partial charge in [-0.25, -0.2) is 0 Å². The van der Waals surface area contributed by atoms with E-state index in [2.05, 4.69) is 65.4 Å². The van der Waals surface area contributed by atoms with Crippen molar-refractivity contribution in [1.29, 1.82) is 0 Å². The molecule has 3 nitrogen and oxygen atoms in total. The Morgan fingerprint density at radius 2 is 1.83 bits per heavy atom. The SMILES string of the molecule is CC(C)c1ccc(NC(=S)N(Cc2ccncc2)C2CC2)cc1. The van der Waals surface area contributed by atoms with Gasteiger partial charge in [0.25, 0.3) is 0 Å². The third kappa shape index (κ3) is 4.29. The Kier molecular flexibility index (Phi) is 4.91. The van der Waals surface area contributed by atoms with Crippen LogP contribution < -0.4 is 5.32 Å². The molecule has 1 N–H and O–H groups in total. The first kappa shape index (κ1) is 15.9. The van der Waals surface area contributed by atoms with Crippen LogP contribution in [-0.2, 0) is 6.54 Å². The van der Waals surface area contributed by atoms with Crippen molar-refractivity contribution in [2.45, 2.75) is 45.2 Å². The van der Waals surface area contributed by atoms with Crippen molar-refractivity contribution in [2.75, 3.05) is 5.32 Å². The van der Waals surface area contributed by atoms with E-state index in [1.165, 1.54) is 24.0 Å². The summed E-state index contributed by atoms with van der Waals surface area (Å²) in [5.41, 5.74) is 3.64. The molecule has 0 radical (unpaired) electrons. The number of rotatable bonds is 5. The fraction of sp³-hybridized carbons (Fsp3) is 0.368. The first-order valence-corrected chi connectivity index (χ1v) is 8.61. The van der Waals surface area contributed by atoms with Crippen molar-refractivity contribution >= 4 is 23.0 Å². The number of nitrogens with one attached hydrogen (secondary N) is 1. The van der Waals surface area contributed by atoms with Gasteiger partial charge in [-0.15, -0.1) is 0 Å². The highest BCUT2D eigenvalue weighted by Gasteiger charge is 2.30. The molecule has 1 aliphatic carbocycles. The van der Waals surface area contributed by atoms with Gasteiger partial charge >= 0.3 is 0 Å². The zero-order chi connectivity index (χ0) is 16.2. The number of hydrogen-bond acceptors (Lipinski definition) is 2. The molecular formula is C19H23N3S. The molecule has 1 saturated carbocycles. The monoisotopic (exact) mass is 325 g/mol. The summed E-state index contributed by atoms with van der Waals surface area (Å²) in [5, 5.41) is 4.20. The van der Waals surface area contributed by atoms with Crippen molar-refractivity contribution in [3.63, 3.8) is 0 Å². The molecule has 0 spiro atoms. The number of pyridine rings is 1. The van der Waals surface area contributed by atoms with Crippen LogP contribution in [0, 0.1) is 0 Å². The minimum absolute atomic E-state index is 0.547. The Bertz CT molecular complexity index is 648. The maximum atomic E-state index is 5.66. The summed E-state index contributed by atoms with van der Waals surface area (Å²) in [6.45, 7) is 5.25. The Morgan fingerprint density at radius 1 is 1.17 bits per heavy atom. The third-order valence-corrected chi connectivity index (χ3v) is 4.52. The Hall–Kier alpha value is -1.94. The molecule has 23 heavy (non-hydrogen) atoms. The summed E-state index contributed by atoms with van der Waals surface area (Å²) in [7, 11) is 0. The van der Waals surface area contributed by atoms with Gasteiger partial charge in [0.1, 0.15) is 0 Å². The van der Waals surface area contributed by atoms with Gasteiger partial charge in [0.15, 0.2) is 5.11 Å². The van der Waals surface area contributed by atoms with Crippen molar-refractivity contribution in [2.24, 2.45) is 0 Å². The fourth-order valence-electron chi connectivity index (χ4n) is 2.58. The van der Waals surface area contributed by atoms with Crippen molar-refractivity contribution in [3.8, 4) is 0 Å². The van der Waals surface area contributed by atoms with Crippen LogP contribution in [0.2, 0.25) is 0 Å². The lowest BCUT2D eigenvalue weighted by Crippen LogP contribution is -2.36. The zero-order valence-corrected chi connectivity index (χ0v) is 14.5. The lowest BCUT2D eigenvalue weighted by Gasteiger charge is -2.26. The number of aromatic nitrogens is 1. The molecule has 0 bridgehead atoms. The van der Waals surface area contributed by atoms with Gasteiger partial charge in [0.2, 0.25) is 0 Å². The predicted octanol–water partition coefficient (Wildman–Crippen LogP) is 4.57. The maximum absolute atomic E-state index is 5.66. The quantitative estimate of drug-likeness (QED) is 0.815. The summed E-state index contributed by atoms with van der Waals surface area (Å²) in [6.07, 6.45) is 6.11. The standard InChI is InChI=1S/C19H23N3S/c1-14(2)16-3-5-17(6-4-16)21-19(23)22(18-7-8-18)13-15-9-11-20-12-10-15/h3-6,9-12,14,18H,7-8,13H2,1-2H3,(H,21,23). The van der Waals surface area contributed by atoms with Gasteiger partial charge in [0, 0.05) is 30.7 Å². The summed E-state index contributed by atoms with van der Waals surface area (Å²) >= 11 is 5.66. The van der Waals surface area contributed by atoms with Crippen LogP contribution in [0.5, 0.6) is 0 Å². The van der Waals surface area contributed by atoms with Crippen LogP contribution in [0.4, 0.5) is 5.69 Å². The van der Waals surface area contributed by atoms with E-state index in [0.717, 1.165) is 17.3 Å². The fourth-order valence-corrected chi connectivity index (χ4v) is 2.92. The molecular weight excluding hydrogens is 302 g/mol. The van der Waals surface area contributed by atoms with Crippen LogP contribution in [0.25, 0.3) is 0 Å². The molecule has 3 rings (SSSR count). The van der Waals surface area contributed by atoms with Crippen LogP contribution in [0.3, 0.4) is 0 Å². The van der Waals surface area contributed by atoms with Gasteiger partial charge < -0.3 is 10.2 Å². The lowest BCUT2D eigenvalue weighted by molar-refractivity contribution is 0.409. The second-order valence-corrected chi connectivity index (χ2v) is 6.81. The summed E-state index contributed by atoms with van der Waals surface area (Å²) in [5.74, 6) is 0.547. The highest BCUT2D eigenvalue weighted by Crippen LogP contribution is 2.29. The second-order valence-electron chi connectivity index (χ2n) is 6.42. The van der Waals surface area contributed by atoms with E-state index in [9.17, 15) is 0 Å². The second kappa shape index (κ2) is 7.09. The number of benzene rings is 1. The Balaban J connectivity index is 1.67. The minimum Gasteiger partial charge on any atom is -0.342 e. The van der Waals surface area contributed by atoms with E-state index < -0.39 is 0 Å². The van der Waals surface area contributed by atoms with E-state index >= 15 is 0 Å². The van der Waals surface area contributed by atoms with Gasteiger partial charge in [-0.3, -0.25) is 4.98 Å².